The van der Waals surface area contributed by atoms with Crippen molar-refractivity contribution in [3.63, 3.8) is 0 Å². The smallest absolute Gasteiger partial charge is 0.163 e. The third-order valence-electron chi connectivity index (χ3n) is 6.98. The molecular formula is C25H33N7O2. The number of aromatic nitrogens is 4. The Kier molecular flexibility index (Phi) is 6.33. The van der Waals surface area contributed by atoms with Gasteiger partial charge in [0, 0.05) is 37.6 Å². The fraction of sp³-hybridized carbons (Fsp3) is 0.520. The highest BCUT2D eigenvalue weighted by molar-refractivity contribution is 5.89. The zero-order chi connectivity index (χ0) is 23.7. The molecule has 5 heterocycles. The van der Waals surface area contributed by atoms with Crippen molar-refractivity contribution in [3.05, 3.63) is 36.2 Å². The molecule has 0 unspecified atom stereocenters. The third-order valence-corrected chi connectivity index (χ3v) is 6.98. The zero-order valence-electron chi connectivity index (χ0n) is 19.9. The number of likely N-dealkylation sites (tertiary alicyclic amines) is 1. The van der Waals surface area contributed by atoms with Gasteiger partial charge in [-0.2, -0.15) is 0 Å². The number of aliphatic hydroxyl groups is 1. The molecule has 2 fully saturated rings. The van der Waals surface area contributed by atoms with Gasteiger partial charge in [0.15, 0.2) is 11.6 Å². The van der Waals surface area contributed by atoms with E-state index in [9.17, 15) is 5.11 Å². The van der Waals surface area contributed by atoms with Crippen LogP contribution in [0.1, 0.15) is 32.3 Å². The van der Waals surface area contributed by atoms with Crippen molar-refractivity contribution in [2.75, 3.05) is 50.0 Å². The number of nitrogens with zero attached hydrogens (tertiary/aromatic N) is 6. The maximum absolute atomic E-state index is 10.4. The van der Waals surface area contributed by atoms with E-state index in [-0.39, 0.29) is 0 Å². The molecule has 0 aliphatic carbocycles. The van der Waals surface area contributed by atoms with Gasteiger partial charge < -0.3 is 20.5 Å². The highest BCUT2D eigenvalue weighted by Crippen LogP contribution is 2.31. The first kappa shape index (κ1) is 22.9. The first-order valence-corrected chi connectivity index (χ1v) is 12.0. The van der Waals surface area contributed by atoms with Gasteiger partial charge in [-0.05, 0) is 69.5 Å². The highest BCUT2D eigenvalue weighted by Gasteiger charge is 2.31. The average molecular weight is 464 g/mol. The number of anilines is 2. The van der Waals surface area contributed by atoms with E-state index >= 15 is 0 Å². The summed E-state index contributed by atoms with van der Waals surface area (Å²) in [5.41, 5.74) is 8.82. The average Bonchev–Trinajstić information content (AvgIpc) is 2.84. The molecule has 5 rings (SSSR count). The van der Waals surface area contributed by atoms with Crippen molar-refractivity contribution in [2.24, 2.45) is 5.92 Å². The molecule has 9 heteroatoms. The van der Waals surface area contributed by atoms with Crippen molar-refractivity contribution in [1.29, 1.82) is 0 Å². The minimum Gasteiger partial charge on any atom is -0.390 e. The lowest BCUT2D eigenvalue weighted by Gasteiger charge is -2.37. The van der Waals surface area contributed by atoms with Crippen LogP contribution in [0.15, 0.2) is 30.6 Å². The van der Waals surface area contributed by atoms with Gasteiger partial charge in [0.25, 0.3) is 0 Å². The minimum absolute atomic E-state index is 0.331. The second-order valence-corrected chi connectivity index (χ2v) is 9.81. The quantitative estimate of drug-likeness (QED) is 0.589. The number of fused-ring (bicyclic) bond motifs is 1. The van der Waals surface area contributed by atoms with Crippen LogP contribution in [0, 0.1) is 5.92 Å². The number of pyridine rings is 2. The molecule has 3 N–H and O–H groups in total. The first-order valence-electron chi connectivity index (χ1n) is 12.0. The second kappa shape index (κ2) is 9.40. The Labute approximate surface area is 200 Å². The molecule has 0 bridgehead atoms. The molecule has 3 aromatic rings. The summed E-state index contributed by atoms with van der Waals surface area (Å²) < 4.78 is 5.56. The van der Waals surface area contributed by atoms with Crippen LogP contribution in [-0.2, 0) is 11.3 Å². The molecule has 0 amide bonds. The van der Waals surface area contributed by atoms with E-state index in [0.717, 1.165) is 73.5 Å². The van der Waals surface area contributed by atoms with E-state index in [4.69, 9.17) is 25.4 Å². The fourth-order valence-electron chi connectivity index (χ4n) is 4.89. The number of nitrogens with two attached hydrogens (primary N) is 1. The monoisotopic (exact) mass is 463 g/mol. The standard InChI is InChI=1S/C25H33N7O2/c1-25(2,33)19-6-9-31(10-7-19)16-18-5-8-27-22-21(18)29-23(17-3-4-20(26)28-15-17)30-24(22)32-11-13-34-14-12-32/h3-5,8,15,19,33H,6-7,9-14,16H2,1-2H3,(H2,26,28). The molecule has 2 aliphatic rings. The van der Waals surface area contributed by atoms with E-state index in [1.165, 1.54) is 0 Å². The van der Waals surface area contributed by atoms with Crippen LogP contribution in [0.25, 0.3) is 22.4 Å². The largest absolute Gasteiger partial charge is 0.390 e. The topological polar surface area (TPSA) is 114 Å². The van der Waals surface area contributed by atoms with Gasteiger partial charge in [0.1, 0.15) is 11.3 Å². The van der Waals surface area contributed by atoms with Gasteiger partial charge >= 0.3 is 0 Å². The summed E-state index contributed by atoms with van der Waals surface area (Å²) >= 11 is 0. The van der Waals surface area contributed by atoms with Crippen LogP contribution in [0.5, 0.6) is 0 Å². The number of nitrogen functional groups attached to an aromatic ring is 1. The fourth-order valence-corrected chi connectivity index (χ4v) is 4.89. The zero-order valence-corrected chi connectivity index (χ0v) is 19.9. The summed E-state index contributed by atoms with van der Waals surface area (Å²) in [6, 6.07) is 5.74. The number of rotatable bonds is 5. The number of morpholine rings is 1. The van der Waals surface area contributed by atoms with Gasteiger partial charge in [0.05, 0.1) is 24.3 Å². The van der Waals surface area contributed by atoms with Crippen molar-refractivity contribution < 1.29 is 9.84 Å². The molecule has 0 radical (unpaired) electrons. The Morgan fingerprint density at radius 3 is 2.47 bits per heavy atom. The first-order chi connectivity index (χ1) is 16.4. The summed E-state index contributed by atoms with van der Waals surface area (Å²) in [7, 11) is 0. The van der Waals surface area contributed by atoms with E-state index in [1.807, 2.05) is 26.1 Å². The summed E-state index contributed by atoms with van der Waals surface area (Å²) in [5.74, 6) is 2.26. The molecule has 0 spiro atoms. The molecule has 34 heavy (non-hydrogen) atoms. The van der Waals surface area contributed by atoms with Gasteiger partial charge in [-0.1, -0.05) is 0 Å². The Morgan fingerprint density at radius 1 is 1.03 bits per heavy atom. The van der Waals surface area contributed by atoms with Crippen LogP contribution in [0.3, 0.4) is 0 Å². The SMILES string of the molecule is CC(C)(O)C1CCN(Cc2ccnc3c(N4CCOCC4)nc(-c4ccc(N)nc4)nc23)CC1. The lowest BCUT2D eigenvalue weighted by atomic mass is 9.83. The predicted molar refractivity (Wildman–Crippen MR) is 132 cm³/mol. The Balaban J connectivity index is 1.51. The summed E-state index contributed by atoms with van der Waals surface area (Å²) in [4.78, 5) is 23.5. The van der Waals surface area contributed by atoms with Crippen molar-refractivity contribution in [2.45, 2.75) is 38.8 Å². The molecule has 9 nitrogen and oxygen atoms in total. The number of ether oxygens (including phenoxy) is 1. The van der Waals surface area contributed by atoms with Crippen molar-refractivity contribution in [1.82, 2.24) is 24.8 Å². The molecule has 2 saturated heterocycles. The third kappa shape index (κ3) is 4.82. The van der Waals surface area contributed by atoms with E-state index in [1.54, 1.807) is 12.3 Å². The Bertz CT molecular complexity index is 1130. The molecule has 3 aromatic heterocycles. The van der Waals surface area contributed by atoms with Crippen molar-refractivity contribution >= 4 is 22.7 Å². The molecular weight excluding hydrogens is 430 g/mol. The van der Waals surface area contributed by atoms with E-state index in [0.29, 0.717) is 30.8 Å². The van der Waals surface area contributed by atoms with E-state index in [2.05, 4.69) is 20.9 Å². The summed E-state index contributed by atoms with van der Waals surface area (Å²) in [6.07, 6.45) is 5.56. The Hall–Kier alpha value is -2.88. The highest BCUT2D eigenvalue weighted by atomic mass is 16.5. The lowest BCUT2D eigenvalue weighted by Crippen LogP contribution is -2.41. The van der Waals surface area contributed by atoms with Gasteiger partial charge in [-0.3, -0.25) is 9.88 Å². The van der Waals surface area contributed by atoms with Crippen molar-refractivity contribution in [3.8, 4) is 11.4 Å². The van der Waals surface area contributed by atoms with Crippen LogP contribution in [0.2, 0.25) is 0 Å². The van der Waals surface area contributed by atoms with E-state index < -0.39 is 5.60 Å². The molecule has 2 aliphatic heterocycles. The molecule has 0 saturated carbocycles. The van der Waals surface area contributed by atoms with Gasteiger partial charge in [0.2, 0.25) is 0 Å². The molecule has 0 aromatic carbocycles. The number of hydrogen-bond donors (Lipinski definition) is 2. The minimum atomic E-state index is -0.627. The van der Waals surface area contributed by atoms with Crippen LogP contribution in [-0.4, -0.2) is 74.9 Å². The van der Waals surface area contributed by atoms with Crippen LogP contribution >= 0.6 is 0 Å². The molecule has 0 atom stereocenters. The summed E-state index contributed by atoms with van der Waals surface area (Å²) in [5, 5.41) is 10.4. The van der Waals surface area contributed by atoms with Crippen LogP contribution < -0.4 is 10.6 Å². The van der Waals surface area contributed by atoms with Gasteiger partial charge in [-0.25, -0.2) is 15.0 Å². The number of hydrogen-bond acceptors (Lipinski definition) is 9. The maximum atomic E-state index is 10.4. The normalized spacial score (nSPS) is 18.5. The second-order valence-electron chi connectivity index (χ2n) is 9.81. The molecule has 180 valence electrons. The lowest BCUT2D eigenvalue weighted by molar-refractivity contribution is -0.0135. The number of piperidine rings is 1. The Morgan fingerprint density at radius 2 is 1.79 bits per heavy atom. The van der Waals surface area contributed by atoms with Gasteiger partial charge in [-0.15, -0.1) is 0 Å². The van der Waals surface area contributed by atoms with Crippen LogP contribution in [0.4, 0.5) is 11.6 Å². The summed E-state index contributed by atoms with van der Waals surface area (Å²) in [6.45, 7) is 9.40. The predicted octanol–water partition coefficient (Wildman–Crippen LogP) is 2.49. The maximum Gasteiger partial charge on any atom is 0.163 e.